The summed E-state index contributed by atoms with van der Waals surface area (Å²) < 4.78 is 3.87. The number of para-hydroxylation sites is 2. The molecule has 0 fully saturated rings. The molecule has 0 unspecified atom stereocenters. The van der Waals surface area contributed by atoms with Gasteiger partial charge in [-0.25, -0.2) is 9.13 Å². The van der Waals surface area contributed by atoms with Crippen molar-refractivity contribution in [2.24, 2.45) is 5.92 Å². The molecule has 0 aliphatic carbocycles. The summed E-state index contributed by atoms with van der Waals surface area (Å²) in [6.07, 6.45) is 4.65. The average molecular weight is 272 g/mol. The van der Waals surface area contributed by atoms with Crippen molar-refractivity contribution >= 4 is 23.1 Å². The highest BCUT2D eigenvalue weighted by Gasteiger charge is 2.15. The fourth-order valence-corrected chi connectivity index (χ4v) is 2.18. The highest BCUT2D eigenvalue weighted by atomic mass is 16.1. The molecule has 0 spiro atoms. The first-order valence-corrected chi connectivity index (χ1v) is 7.00. The van der Waals surface area contributed by atoms with E-state index in [1.54, 1.807) is 6.20 Å². The summed E-state index contributed by atoms with van der Waals surface area (Å²) in [5.41, 5.74) is 2.09. The fourth-order valence-electron chi connectivity index (χ4n) is 2.18. The summed E-state index contributed by atoms with van der Waals surface area (Å²) in [5.74, 6) is 0.647. The number of carbonyl (C=O) groups excluding carboxylic acids is 1. The van der Waals surface area contributed by atoms with Crippen molar-refractivity contribution in [3.8, 4) is 0 Å². The summed E-state index contributed by atoms with van der Waals surface area (Å²) in [6.45, 7) is 9.16. The predicted octanol–water partition coefficient (Wildman–Crippen LogP) is 2.19. The smallest absolute Gasteiger partial charge is 0.262 e. The Morgan fingerprint density at radius 1 is 1.45 bits per heavy atom. The first-order valence-electron chi connectivity index (χ1n) is 7.00. The third-order valence-electron chi connectivity index (χ3n) is 3.29. The molecule has 1 N–H and O–H groups in total. The second-order valence-electron chi connectivity index (χ2n) is 5.35. The van der Waals surface area contributed by atoms with Gasteiger partial charge in [0.1, 0.15) is 0 Å². The van der Waals surface area contributed by atoms with E-state index in [0.29, 0.717) is 12.5 Å². The number of aromatic nitrogens is 2. The van der Waals surface area contributed by atoms with Crippen molar-refractivity contribution in [3.05, 3.63) is 37.2 Å². The van der Waals surface area contributed by atoms with E-state index in [0.717, 1.165) is 24.0 Å². The Bertz CT molecular complexity index is 613. The van der Waals surface area contributed by atoms with Gasteiger partial charge >= 0.3 is 0 Å². The molecule has 1 aromatic heterocycles. The number of imidazole rings is 1. The monoisotopic (exact) mass is 272 g/mol. The van der Waals surface area contributed by atoms with Gasteiger partial charge in [-0.15, -0.1) is 0 Å². The maximum absolute atomic E-state index is 12.0. The van der Waals surface area contributed by atoms with Gasteiger partial charge in [0.05, 0.1) is 6.20 Å². The van der Waals surface area contributed by atoms with Crippen LogP contribution in [0, 0.1) is 5.92 Å². The van der Waals surface area contributed by atoms with Gasteiger partial charge in [0.15, 0.2) is 17.6 Å². The molecule has 1 amide bonds. The zero-order valence-electron chi connectivity index (χ0n) is 12.2. The van der Waals surface area contributed by atoms with E-state index in [2.05, 4.69) is 25.7 Å². The third-order valence-corrected chi connectivity index (χ3v) is 3.29. The summed E-state index contributed by atoms with van der Waals surface area (Å²) >= 11 is 0. The lowest BCUT2D eigenvalue weighted by Gasteiger charge is -2.05. The molecule has 0 aliphatic rings. The zero-order valence-corrected chi connectivity index (χ0v) is 12.2. The van der Waals surface area contributed by atoms with Crippen molar-refractivity contribution in [3.63, 3.8) is 0 Å². The Morgan fingerprint density at radius 2 is 2.20 bits per heavy atom. The van der Waals surface area contributed by atoms with E-state index >= 15 is 0 Å². The molecular weight excluding hydrogens is 250 g/mol. The topological polar surface area (TPSA) is 37.9 Å². The van der Waals surface area contributed by atoms with E-state index in [4.69, 9.17) is 0 Å². The summed E-state index contributed by atoms with van der Waals surface area (Å²) in [5, 5.41) is 2.96. The number of hydrogen-bond donors (Lipinski definition) is 1. The quantitative estimate of drug-likeness (QED) is 0.804. The second-order valence-corrected chi connectivity index (χ2v) is 5.35. The molecule has 4 heteroatoms. The van der Waals surface area contributed by atoms with Gasteiger partial charge in [0, 0.05) is 6.54 Å². The van der Waals surface area contributed by atoms with Gasteiger partial charge in [-0.1, -0.05) is 32.6 Å². The number of rotatable bonds is 6. The number of nitrogens with one attached hydrogen (secondary N) is 1. The van der Waals surface area contributed by atoms with Crippen LogP contribution in [0.15, 0.2) is 37.2 Å². The van der Waals surface area contributed by atoms with Crippen molar-refractivity contribution in [2.75, 3.05) is 6.54 Å². The molecule has 0 atom stereocenters. The van der Waals surface area contributed by atoms with Crippen LogP contribution in [0.3, 0.4) is 0 Å². The van der Waals surface area contributed by atoms with Crippen LogP contribution >= 0.6 is 0 Å². The van der Waals surface area contributed by atoms with Crippen LogP contribution < -0.4 is 9.88 Å². The molecule has 20 heavy (non-hydrogen) atoms. The highest BCUT2D eigenvalue weighted by Crippen LogP contribution is 2.10. The number of hydrogen-bond acceptors (Lipinski definition) is 1. The van der Waals surface area contributed by atoms with Crippen LogP contribution in [-0.4, -0.2) is 17.0 Å². The Morgan fingerprint density at radius 3 is 2.90 bits per heavy atom. The van der Waals surface area contributed by atoms with Crippen LogP contribution in [0.25, 0.3) is 17.2 Å². The highest BCUT2D eigenvalue weighted by molar-refractivity contribution is 5.77. The van der Waals surface area contributed by atoms with Crippen LogP contribution in [0.2, 0.25) is 0 Å². The Hall–Kier alpha value is -2.10. The van der Waals surface area contributed by atoms with E-state index in [1.807, 2.05) is 39.7 Å². The zero-order chi connectivity index (χ0) is 14.5. The van der Waals surface area contributed by atoms with Gasteiger partial charge in [-0.05, 0) is 24.5 Å². The van der Waals surface area contributed by atoms with Crippen molar-refractivity contribution in [2.45, 2.75) is 26.8 Å². The van der Waals surface area contributed by atoms with Crippen molar-refractivity contribution in [1.29, 1.82) is 0 Å². The molecule has 0 saturated heterocycles. The molecule has 0 bridgehead atoms. The molecule has 2 aromatic rings. The SMILES string of the molecule is C=Cn1c[n+](CC(=O)NCCC(C)C)c2ccccc21. The Kier molecular flexibility index (Phi) is 4.56. The summed E-state index contributed by atoms with van der Waals surface area (Å²) in [4.78, 5) is 12.0. The molecule has 4 nitrogen and oxygen atoms in total. The normalized spacial score (nSPS) is 10.9. The van der Waals surface area contributed by atoms with Gasteiger partial charge in [0.2, 0.25) is 6.33 Å². The standard InChI is InChI=1S/C16H21N3O/c1-4-18-12-19(15-8-6-5-7-14(15)18)11-16(20)17-10-9-13(2)3/h4-8,12-13H,1,9-11H2,2-3H3/p+1. The maximum atomic E-state index is 12.0. The van der Waals surface area contributed by atoms with Gasteiger partial charge in [-0.3, -0.25) is 4.79 Å². The number of carbonyl (C=O) groups is 1. The first-order chi connectivity index (χ1) is 9.61. The number of benzene rings is 1. The molecule has 1 heterocycles. The third kappa shape index (κ3) is 3.26. The molecule has 0 radical (unpaired) electrons. The molecule has 2 rings (SSSR count). The fraction of sp³-hybridized carbons (Fsp3) is 0.375. The number of nitrogens with zero attached hydrogens (tertiary/aromatic N) is 2. The maximum Gasteiger partial charge on any atom is 0.262 e. The largest absolute Gasteiger partial charge is 0.353 e. The molecule has 0 saturated carbocycles. The average Bonchev–Trinajstić information content (AvgIpc) is 2.77. The van der Waals surface area contributed by atoms with Crippen LogP contribution in [-0.2, 0) is 11.3 Å². The molecular formula is C16H22N3O+. The minimum atomic E-state index is 0.0441. The minimum absolute atomic E-state index is 0.0441. The number of amides is 1. The lowest BCUT2D eigenvalue weighted by Crippen LogP contribution is -2.42. The Balaban J connectivity index is 2.09. The van der Waals surface area contributed by atoms with Gasteiger partial charge < -0.3 is 5.32 Å². The Labute approximate surface area is 119 Å². The van der Waals surface area contributed by atoms with Crippen molar-refractivity contribution < 1.29 is 9.36 Å². The van der Waals surface area contributed by atoms with Crippen molar-refractivity contribution in [1.82, 2.24) is 9.88 Å². The molecule has 106 valence electrons. The molecule has 1 aromatic carbocycles. The molecule has 0 aliphatic heterocycles. The summed E-state index contributed by atoms with van der Waals surface area (Å²) in [6, 6.07) is 7.99. The number of fused-ring (bicyclic) bond motifs is 1. The lowest BCUT2D eigenvalue weighted by atomic mass is 10.1. The van der Waals surface area contributed by atoms with E-state index < -0.39 is 0 Å². The first kappa shape index (κ1) is 14.3. The second kappa shape index (κ2) is 6.37. The van der Waals surface area contributed by atoms with Gasteiger partial charge in [0.25, 0.3) is 5.91 Å². The summed E-state index contributed by atoms with van der Waals surface area (Å²) in [7, 11) is 0. The lowest BCUT2D eigenvalue weighted by molar-refractivity contribution is -0.658. The van der Waals surface area contributed by atoms with E-state index in [-0.39, 0.29) is 5.91 Å². The van der Waals surface area contributed by atoms with E-state index in [9.17, 15) is 4.79 Å². The van der Waals surface area contributed by atoms with Crippen LogP contribution in [0.1, 0.15) is 20.3 Å². The van der Waals surface area contributed by atoms with Crippen LogP contribution in [0.5, 0.6) is 0 Å². The minimum Gasteiger partial charge on any atom is -0.353 e. The van der Waals surface area contributed by atoms with E-state index in [1.165, 1.54) is 0 Å². The predicted molar refractivity (Wildman–Crippen MR) is 81.0 cm³/mol. The van der Waals surface area contributed by atoms with Gasteiger partial charge in [-0.2, -0.15) is 0 Å². The van der Waals surface area contributed by atoms with Crippen LogP contribution in [0.4, 0.5) is 0 Å².